The van der Waals surface area contributed by atoms with E-state index in [1.54, 1.807) is 13.3 Å². The van der Waals surface area contributed by atoms with Gasteiger partial charge in [-0.05, 0) is 73.2 Å². The van der Waals surface area contributed by atoms with Crippen LogP contribution in [0.15, 0.2) is 89.5 Å². The Hall–Kier alpha value is -3.93. The Morgan fingerprint density at radius 2 is 1.86 bits per heavy atom. The third-order valence-corrected chi connectivity index (χ3v) is 6.91. The number of Topliss-reactive ketones (excluding diaryl/α,β-unsaturated/α-hetero) is 1. The van der Waals surface area contributed by atoms with E-state index in [1.165, 1.54) is 0 Å². The Kier molecular flexibility index (Phi) is 6.36. The highest BCUT2D eigenvalue weighted by molar-refractivity contribution is 6.00. The minimum Gasteiger partial charge on any atom is -0.497 e. The average molecular weight is 467 g/mol. The van der Waals surface area contributed by atoms with Crippen molar-refractivity contribution >= 4 is 11.6 Å². The average Bonchev–Trinajstić information content (AvgIpc) is 2.88. The van der Waals surface area contributed by atoms with Crippen molar-refractivity contribution in [3.63, 3.8) is 0 Å². The van der Waals surface area contributed by atoms with Crippen LogP contribution in [0, 0.1) is 6.92 Å². The molecule has 0 saturated carbocycles. The molecule has 35 heavy (non-hydrogen) atoms. The van der Waals surface area contributed by atoms with Crippen molar-refractivity contribution in [1.82, 2.24) is 15.3 Å². The summed E-state index contributed by atoms with van der Waals surface area (Å²) in [5.41, 5.74) is 7.18. The second-order valence-electron chi connectivity index (χ2n) is 9.23. The third-order valence-electron chi connectivity index (χ3n) is 6.91. The highest BCUT2D eigenvalue weighted by Crippen LogP contribution is 2.45. The fourth-order valence-electron chi connectivity index (χ4n) is 5.06. The van der Waals surface area contributed by atoms with Crippen molar-refractivity contribution in [2.75, 3.05) is 19.0 Å². The molecule has 1 aromatic carbocycles. The smallest absolute Gasteiger partial charge is 0.162 e. The number of pyridine rings is 2. The molecule has 2 aliphatic rings. The van der Waals surface area contributed by atoms with Crippen molar-refractivity contribution in [3.05, 3.63) is 106 Å². The number of aryl methyl sites for hydroxylation is 1. The summed E-state index contributed by atoms with van der Waals surface area (Å²) in [5, 5.41) is 7.04. The molecular weight excluding hydrogens is 436 g/mol. The zero-order chi connectivity index (χ0) is 24.4. The number of methoxy groups -OCH3 is 1. The highest BCUT2D eigenvalue weighted by atomic mass is 16.5. The van der Waals surface area contributed by atoms with Crippen LogP contribution in [0.25, 0.3) is 0 Å². The number of hydrogen-bond donors (Lipinski definition) is 2. The van der Waals surface area contributed by atoms with Crippen LogP contribution in [0.3, 0.4) is 0 Å². The van der Waals surface area contributed by atoms with Gasteiger partial charge in [-0.25, -0.2) is 4.98 Å². The maximum atomic E-state index is 13.7. The Balaban J connectivity index is 1.47. The third kappa shape index (κ3) is 4.69. The number of carbonyl (C=O) groups is 1. The number of aromatic nitrogens is 2. The summed E-state index contributed by atoms with van der Waals surface area (Å²) in [5.74, 6) is 1.75. The molecule has 5 rings (SSSR count). The number of nitrogens with one attached hydrogen (secondary N) is 2. The molecule has 0 spiro atoms. The van der Waals surface area contributed by atoms with E-state index in [4.69, 9.17) is 4.74 Å². The molecule has 0 bridgehead atoms. The monoisotopic (exact) mass is 466 g/mol. The number of allylic oxidation sites excluding steroid dienone is 3. The van der Waals surface area contributed by atoms with Crippen molar-refractivity contribution in [1.29, 1.82) is 0 Å². The molecule has 2 N–H and O–H groups in total. The zero-order valence-electron chi connectivity index (χ0n) is 20.3. The predicted molar refractivity (Wildman–Crippen MR) is 137 cm³/mol. The predicted octanol–water partition coefficient (Wildman–Crippen LogP) is 5.27. The van der Waals surface area contributed by atoms with Gasteiger partial charge in [0.15, 0.2) is 5.78 Å². The molecule has 0 unspecified atom stereocenters. The molecule has 0 radical (unpaired) electrons. The molecule has 3 heterocycles. The Morgan fingerprint density at radius 3 is 2.54 bits per heavy atom. The maximum Gasteiger partial charge on any atom is 0.162 e. The molecule has 0 saturated heterocycles. The van der Waals surface area contributed by atoms with Gasteiger partial charge in [0.1, 0.15) is 11.6 Å². The summed E-state index contributed by atoms with van der Waals surface area (Å²) in [4.78, 5) is 22.8. The maximum absolute atomic E-state index is 13.7. The van der Waals surface area contributed by atoms with E-state index >= 15 is 0 Å². The number of dihydropyridines is 1. The largest absolute Gasteiger partial charge is 0.497 e. The quantitative estimate of drug-likeness (QED) is 0.516. The van der Waals surface area contributed by atoms with Gasteiger partial charge >= 0.3 is 0 Å². The normalized spacial score (nSPS) is 19.8. The zero-order valence-corrected chi connectivity index (χ0v) is 20.3. The lowest BCUT2D eigenvalue weighted by atomic mass is 9.73. The van der Waals surface area contributed by atoms with E-state index in [1.807, 2.05) is 55.6 Å². The summed E-state index contributed by atoms with van der Waals surface area (Å²) in [6.07, 6.45) is 4.92. The van der Waals surface area contributed by atoms with Crippen LogP contribution in [0.4, 0.5) is 5.82 Å². The number of ketones is 1. The molecular formula is C29H30N4O2. The first-order valence-corrected chi connectivity index (χ1v) is 12.0. The first-order chi connectivity index (χ1) is 17.0. The van der Waals surface area contributed by atoms with Crippen LogP contribution in [0.2, 0.25) is 0 Å². The van der Waals surface area contributed by atoms with Crippen LogP contribution >= 0.6 is 0 Å². The molecule has 1 aliphatic carbocycles. The standard InChI is InChI=1S/C29H30N4O2/c1-18-7-12-27(31-16-18)32-17-23-19(2)33-25-14-21(20-8-10-22(35-3)11-9-20)15-26(34)29(25)28(23)24-6-4-5-13-30-24/h4-13,16,21,28,33H,14-15,17H2,1-3H3,(H,31,32)/t21-,28-/m1/s1. The molecule has 0 amide bonds. The van der Waals surface area contributed by atoms with Gasteiger partial charge in [0.2, 0.25) is 0 Å². The second-order valence-corrected chi connectivity index (χ2v) is 9.23. The van der Waals surface area contributed by atoms with Crippen LogP contribution in [0.1, 0.15) is 48.4 Å². The van der Waals surface area contributed by atoms with E-state index in [2.05, 4.69) is 39.7 Å². The van der Waals surface area contributed by atoms with Gasteiger partial charge in [-0.15, -0.1) is 0 Å². The lowest BCUT2D eigenvalue weighted by molar-refractivity contribution is -0.116. The van der Waals surface area contributed by atoms with Gasteiger partial charge < -0.3 is 15.4 Å². The number of ether oxygens (including phenoxy) is 1. The SMILES string of the molecule is COc1ccc([C@H]2CC(=O)C3=C(C2)NC(C)=C(CNc2ccc(C)cn2)[C@@H]3c2ccccn2)cc1. The van der Waals surface area contributed by atoms with E-state index in [-0.39, 0.29) is 17.6 Å². The molecule has 3 aromatic rings. The lowest BCUT2D eigenvalue weighted by Crippen LogP contribution is -2.35. The molecule has 6 heteroatoms. The number of benzene rings is 1. The van der Waals surface area contributed by atoms with Gasteiger partial charge in [0.05, 0.1) is 18.7 Å². The van der Waals surface area contributed by atoms with Gasteiger partial charge in [0, 0.05) is 42.3 Å². The number of nitrogens with zero attached hydrogens (tertiary/aromatic N) is 2. The summed E-state index contributed by atoms with van der Waals surface area (Å²) < 4.78 is 5.30. The summed E-state index contributed by atoms with van der Waals surface area (Å²) in [6.45, 7) is 4.68. The van der Waals surface area contributed by atoms with Crippen LogP contribution < -0.4 is 15.4 Å². The van der Waals surface area contributed by atoms with Crippen LogP contribution in [0.5, 0.6) is 5.75 Å². The fraction of sp³-hybridized carbons (Fsp3) is 0.276. The molecule has 178 valence electrons. The first kappa shape index (κ1) is 22.8. The summed E-state index contributed by atoms with van der Waals surface area (Å²) in [6, 6.07) is 18.0. The minimum atomic E-state index is -0.185. The van der Waals surface area contributed by atoms with Gasteiger partial charge in [0.25, 0.3) is 0 Å². The van der Waals surface area contributed by atoms with Crippen LogP contribution in [-0.4, -0.2) is 29.4 Å². The Bertz CT molecular complexity index is 1280. The molecule has 6 nitrogen and oxygen atoms in total. The van der Waals surface area contributed by atoms with Crippen molar-refractivity contribution in [3.8, 4) is 5.75 Å². The number of anilines is 1. The van der Waals surface area contributed by atoms with Crippen LogP contribution in [-0.2, 0) is 4.79 Å². The molecule has 1 aliphatic heterocycles. The number of rotatable bonds is 6. The molecule has 2 atom stereocenters. The topological polar surface area (TPSA) is 76.1 Å². The number of carbonyl (C=O) groups excluding carboxylic acids is 1. The van der Waals surface area contributed by atoms with Crippen molar-refractivity contribution < 1.29 is 9.53 Å². The molecule has 2 aromatic heterocycles. The van der Waals surface area contributed by atoms with Gasteiger partial charge in [-0.2, -0.15) is 0 Å². The first-order valence-electron chi connectivity index (χ1n) is 12.0. The van der Waals surface area contributed by atoms with Crippen molar-refractivity contribution in [2.24, 2.45) is 0 Å². The molecule has 0 fully saturated rings. The van der Waals surface area contributed by atoms with E-state index in [0.717, 1.165) is 57.3 Å². The summed E-state index contributed by atoms with van der Waals surface area (Å²) in [7, 11) is 1.66. The van der Waals surface area contributed by atoms with Gasteiger partial charge in [-0.3, -0.25) is 9.78 Å². The van der Waals surface area contributed by atoms with E-state index in [9.17, 15) is 4.79 Å². The number of hydrogen-bond acceptors (Lipinski definition) is 6. The van der Waals surface area contributed by atoms with Gasteiger partial charge in [-0.1, -0.05) is 24.3 Å². The second kappa shape index (κ2) is 9.74. The summed E-state index contributed by atoms with van der Waals surface area (Å²) >= 11 is 0. The Morgan fingerprint density at radius 1 is 1.03 bits per heavy atom. The van der Waals surface area contributed by atoms with Crippen molar-refractivity contribution in [2.45, 2.75) is 38.5 Å². The van der Waals surface area contributed by atoms with E-state index < -0.39 is 0 Å². The highest BCUT2D eigenvalue weighted by Gasteiger charge is 2.39. The van der Waals surface area contributed by atoms with E-state index in [0.29, 0.717) is 13.0 Å². The fourth-order valence-corrected chi connectivity index (χ4v) is 5.06. The minimum absolute atomic E-state index is 0.133. The Labute approximate surface area is 206 Å². The lowest BCUT2D eigenvalue weighted by Gasteiger charge is -2.37.